The molecule has 3 rings (SSSR count). The van der Waals surface area contributed by atoms with Crippen molar-refractivity contribution in [1.29, 1.82) is 0 Å². The number of nitrogens with one attached hydrogen (secondary N) is 2. The van der Waals surface area contributed by atoms with Crippen molar-refractivity contribution in [2.45, 2.75) is 6.42 Å². The highest BCUT2D eigenvalue weighted by molar-refractivity contribution is 6.36. The van der Waals surface area contributed by atoms with Crippen molar-refractivity contribution >= 4 is 46.4 Å². The summed E-state index contributed by atoms with van der Waals surface area (Å²) >= 11 is 11.8. The van der Waals surface area contributed by atoms with Gasteiger partial charge in [-0.3, -0.25) is 9.59 Å². The lowest BCUT2D eigenvalue weighted by molar-refractivity contribution is -0.122. The highest BCUT2D eigenvalue weighted by Crippen LogP contribution is 2.41. The lowest BCUT2D eigenvalue weighted by Crippen LogP contribution is -2.21. The van der Waals surface area contributed by atoms with Crippen LogP contribution in [-0.2, 0) is 9.59 Å². The SMILES string of the molecule is O=C(Nc1ccccc1F)C1CC1C(=O)Nc1ccc(Cl)cc1Cl. The van der Waals surface area contributed by atoms with Crippen molar-refractivity contribution in [3.8, 4) is 0 Å². The minimum atomic E-state index is -0.513. The molecule has 2 atom stereocenters. The molecule has 0 bridgehead atoms. The number of amides is 2. The first-order chi connectivity index (χ1) is 11.5. The number of anilines is 2. The van der Waals surface area contributed by atoms with Crippen LogP contribution in [-0.4, -0.2) is 11.8 Å². The van der Waals surface area contributed by atoms with Gasteiger partial charge in [0.25, 0.3) is 0 Å². The van der Waals surface area contributed by atoms with Crippen molar-refractivity contribution in [3.63, 3.8) is 0 Å². The summed E-state index contributed by atoms with van der Waals surface area (Å²) in [5.74, 6) is -2.12. The summed E-state index contributed by atoms with van der Waals surface area (Å²) in [7, 11) is 0. The highest BCUT2D eigenvalue weighted by Gasteiger charge is 2.48. The Morgan fingerprint density at radius 2 is 1.58 bits per heavy atom. The molecular formula is C17H13Cl2FN2O2. The molecule has 1 fully saturated rings. The van der Waals surface area contributed by atoms with Crippen molar-refractivity contribution in [2.75, 3.05) is 10.6 Å². The van der Waals surface area contributed by atoms with Crippen LogP contribution >= 0.6 is 23.2 Å². The molecule has 124 valence electrons. The summed E-state index contributed by atoms with van der Waals surface area (Å²) in [5, 5.41) is 5.97. The van der Waals surface area contributed by atoms with Gasteiger partial charge in [0.1, 0.15) is 5.82 Å². The summed E-state index contributed by atoms with van der Waals surface area (Å²) in [6.07, 6.45) is 0.414. The predicted octanol–water partition coefficient (Wildman–Crippen LogP) is 4.35. The van der Waals surface area contributed by atoms with E-state index in [0.717, 1.165) is 0 Å². The fourth-order valence-electron chi connectivity index (χ4n) is 2.38. The summed E-state index contributed by atoms with van der Waals surface area (Å²) < 4.78 is 13.5. The first kappa shape index (κ1) is 16.7. The van der Waals surface area contributed by atoms with Gasteiger partial charge in [-0.15, -0.1) is 0 Å². The maximum atomic E-state index is 13.5. The van der Waals surface area contributed by atoms with Gasteiger partial charge in [0.15, 0.2) is 0 Å². The van der Waals surface area contributed by atoms with E-state index in [2.05, 4.69) is 10.6 Å². The van der Waals surface area contributed by atoms with Gasteiger partial charge >= 0.3 is 0 Å². The molecule has 2 unspecified atom stereocenters. The molecule has 1 saturated carbocycles. The van der Waals surface area contributed by atoms with Crippen LogP contribution in [0.2, 0.25) is 10.0 Å². The van der Waals surface area contributed by atoms with Crippen LogP contribution in [0.4, 0.5) is 15.8 Å². The minimum absolute atomic E-state index is 0.106. The van der Waals surface area contributed by atoms with Crippen LogP contribution in [0, 0.1) is 17.7 Å². The van der Waals surface area contributed by atoms with E-state index in [1.54, 1.807) is 18.2 Å². The van der Waals surface area contributed by atoms with Crippen molar-refractivity contribution in [3.05, 3.63) is 58.3 Å². The zero-order valence-corrected chi connectivity index (χ0v) is 13.9. The number of rotatable bonds is 4. The first-order valence-electron chi connectivity index (χ1n) is 7.27. The Morgan fingerprint density at radius 3 is 2.21 bits per heavy atom. The van der Waals surface area contributed by atoms with Gasteiger partial charge in [0.2, 0.25) is 11.8 Å². The fourth-order valence-corrected chi connectivity index (χ4v) is 2.83. The van der Waals surface area contributed by atoms with Gasteiger partial charge in [0.05, 0.1) is 28.2 Å². The number of carbonyl (C=O) groups is 2. The normalized spacial score (nSPS) is 18.8. The molecule has 1 aliphatic rings. The summed E-state index contributed by atoms with van der Waals surface area (Å²) in [6, 6.07) is 10.6. The molecule has 1 aliphatic carbocycles. The van der Waals surface area contributed by atoms with Crippen LogP contribution < -0.4 is 10.6 Å². The van der Waals surface area contributed by atoms with E-state index in [4.69, 9.17) is 23.2 Å². The van der Waals surface area contributed by atoms with Crippen LogP contribution in [0.15, 0.2) is 42.5 Å². The van der Waals surface area contributed by atoms with Gasteiger partial charge in [-0.05, 0) is 36.8 Å². The maximum Gasteiger partial charge on any atom is 0.228 e. The standard InChI is InChI=1S/C17H13Cl2FN2O2/c18-9-5-6-14(12(19)7-9)21-16(23)10-8-11(10)17(24)22-15-4-2-1-3-13(15)20/h1-7,10-11H,8H2,(H,21,23)(H,22,24). The van der Waals surface area contributed by atoms with E-state index < -0.39 is 17.7 Å². The van der Waals surface area contributed by atoms with E-state index in [-0.39, 0.29) is 17.5 Å². The topological polar surface area (TPSA) is 58.2 Å². The summed E-state index contributed by atoms with van der Waals surface area (Å²) in [5.41, 5.74) is 0.542. The molecular weight excluding hydrogens is 354 g/mol. The Kier molecular flexibility index (Phi) is 4.73. The molecule has 0 aliphatic heterocycles. The van der Waals surface area contributed by atoms with Crippen molar-refractivity contribution in [1.82, 2.24) is 0 Å². The molecule has 2 amide bonds. The van der Waals surface area contributed by atoms with E-state index >= 15 is 0 Å². The zero-order valence-electron chi connectivity index (χ0n) is 12.4. The van der Waals surface area contributed by atoms with E-state index in [9.17, 15) is 14.0 Å². The molecule has 4 nitrogen and oxygen atoms in total. The summed E-state index contributed by atoms with van der Waals surface area (Å²) in [4.78, 5) is 24.3. The summed E-state index contributed by atoms with van der Waals surface area (Å²) in [6.45, 7) is 0. The lowest BCUT2D eigenvalue weighted by Gasteiger charge is -2.08. The first-order valence-corrected chi connectivity index (χ1v) is 8.02. The van der Waals surface area contributed by atoms with Crippen molar-refractivity contribution in [2.24, 2.45) is 11.8 Å². The second-order valence-electron chi connectivity index (χ2n) is 5.53. The lowest BCUT2D eigenvalue weighted by atomic mass is 10.2. The van der Waals surface area contributed by atoms with Gasteiger partial charge in [-0.1, -0.05) is 35.3 Å². The third kappa shape index (κ3) is 3.68. The monoisotopic (exact) mass is 366 g/mol. The average molecular weight is 367 g/mol. The highest BCUT2D eigenvalue weighted by atomic mass is 35.5. The van der Waals surface area contributed by atoms with Crippen LogP contribution in [0.1, 0.15) is 6.42 Å². The molecule has 2 N–H and O–H groups in total. The second kappa shape index (κ2) is 6.79. The minimum Gasteiger partial charge on any atom is -0.325 e. The van der Waals surface area contributed by atoms with Crippen LogP contribution in [0.3, 0.4) is 0 Å². The quantitative estimate of drug-likeness (QED) is 0.844. The number of para-hydroxylation sites is 1. The fraction of sp³-hybridized carbons (Fsp3) is 0.176. The molecule has 24 heavy (non-hydrogen) atoms. The van der Waals surface area contributed by atoms with Gasteiger partial charge in [-0.25, -0.2) is 4.39 Å². The molecule has 0 saturated heterocycles. The molecule has 0 spiro atoms. The molecule has 0 aromatic heterocycles. The van der Waals surface area contributed by atoms with E-state index in [1.165, 1.54) is 24.3 Å². The number of hydrogen-bond donors (Lipinski definition) is 2. The van der Waals surface area contributed by atoms with Gasteiger partial charge in [0, 0.05) is 5.02 Å². The Hall–Kier alpha value is -2.11. The van der Waals surface area contributed by atoms with Crippen molar-refractivity contribution < 1.29 is 14.0 Å². The number of hydrogen-bond acceptors (Lipinski definition) is 2. The zero-order chi connectivity index (χ0) is 17.3. The van der Waals surface area contributed by atoms with Crippen LogP contribution in [0.25, 0.3) is 0 Å². The predicted molar refractivity (Wildman–Crippen MR) is 91.7 cm³/mol. The van der Waals surface area contributed by atoms with E-state index in [1.807, 2.05) is 0 Å². The third-order valence-electron chi connectivity index (χ3n) is 3.78. The van der Waals surface area contributed by atoms with Gasteiger partial charge in [-0.2, -0.15) is 0 Å². The number of carbonyl (C=O) groups excluding carboxylic acids is 2. The smallest absolute Gasteiger partial charge is 0.228 e. The molecule has 2 aromatic carbocycles. The second-order valence-corrected chi connectivity index (χ2v) is 6.37. The van der Waals surface area contributed by atoms with E-state index in [0.29, 0.717) is 22.2 Å². The molecule has 0 heterocycles. The Labute approximate surface area is 148 Å². The maximum absolute atomic E-state index is 13.5. The molecule has 2 aromatic rings. The Morgan fingerprint density at radius 1 is 0.958 bits per heavy atom. The Balaban J connectivity index is 1.59. The molecule has 0 radical (unpaired) electrons. The van der Waals surface area contributed by atoms with Crippen LogP contribution in [0.5, 0.6) is 0 Å². The molecule has 7 heteroatoms. The number of halogens is 3. The average Bonchev–Trinajstić information content (AvgIpc) is 3.33. The number of benzene rings is 2. The third-order valence-corrected chi connectivity index (χ3v) is 4.33. The van der Waals surface area contributed by atoms with Gasteiger partial charge < -0.3 is 10.6 Å². The Bertz CT molecular complexity index is 813. The largest absolute Gasteiger partial charge is 0.325 e.